The van der Waals surface area contributed by atoms with Gasteiger partial charge in [-0.1, -0.05) is 121 Å². The molecule has 0 atom stereocenters. The zero-order valence-corrected chi connectivity index (χ0v) is 25.6. The van der Waals surface area contributed by atoms with Crippen LogP contribution in [-0.2, 0) is 0 Å². The number of hydrogen-bond donors (Lipinski definition) is 0. The van der Waals surface area contributed by atoms with Gasteiger partial charge >= 0.3 is 0 Å². The smallest absolute Gasteiger partial charge is 0.146 e. The molecule has 3 heteroatoms. The summed E-state index contributed by atoms with van der Waals surface area (Å²) in [4.78, 5) is 5.19. The van der Waals surface area contributed by atoms with Crippen LogP contribution >= 0.6 is 0 Å². The zero-order valence-electron chi connectivity index (χ0n) is 30.6. The minimum Gasteiger partial charge on any atom is -0.456 e. The molecule has 48 heavy (non-hydrogen) atoms. The van der Waals surface area contributed by atoms with Gasteiger partial charge in [0.2, 0.25) is 0 Å². The van der Waals surface area contributed by atoms with Gasteiger partial charge in [0.15, 0.2) is 0 Å². The fourth-order valence-corrected chi connectivity index (χ4v) is 7.20. The van der Waals surface area contributed by atoms with E-state index in [2.05, 4.69) is 60.7 Å². The SMILES string of the molecule is [2H]c1c([2H])c([2H])c(-n2c(-c3c4ccccc4c(-c4ccc5oc6ccccc6c5c4)c4cc(-c5ccccc5)ccc34)nc3ccccc32)c([2H])c1[2H]. The lowest BCUT2D eigenvalue weighted by Gasteiger charge is -2.19. The van der Waals surface area contributed by atoms with Gasteiger partial charge in [-0.25, -0.2) is 4.98 Å². The Bertz CT molecular complexity index is 3100. The highest BCUT2D eigenvalue weighted by atomic mass is 16.3. The number of nitrogens with zero attached hydrogens (tertiary/aromatic N) is 2. The van der Waals surface area contributed by atoms with E-state index < -0.39 is 18.1 Å². The van der Waals surface area contributed by atoms with Gasteiger partial charge < -0.3 is 4.42 Å². The van der Waals surface area contributed by atoms with Gasteiger partial charge in [-0.3, -0.25) is 4.57 Å². The van der Waals surface area contributed by atoms with E-state index >= 15 is 0 Å². The van der Waals surface area contributed by atoms with E-state index in [1.807, 2.05) is 78.9 Å². The molecule has 0 amide bonds. The van der Waals surface area contributed by atoms with Crippen molar-refractivity contribution < 1.29 is 11.3 Å². The minimum absolute atomic E-state index is 0.0548. The Morgan fingerprint density at radius 3 is 1.98 bits per heavy atom. The van der Waals surface area contributed by atoms with Crippen LogP contribution in [0.15, 0.2) is 174 Å². The lowest BCUT2D eigenvalue weighted by Crippen LogP contribution is -1.99. The van der Waals surface area contributed by atoms with E-state index in [1.54, 1.807) is 4.57 Å². The summed E-state index contributed by atoms with van der Waals surface area (Å²) in [6, 6.07) is 45.1. The molecule has 0 aliphatic heterocycles. The Morgan fingerprint density at radius 1 is 0.479 bits per heavy atom. The molecule has 0 unspecified atom stereocenters. The Morgan fingerprint density at radius 2 is 1.12 bits per heavy atom. The molecule has 0 bridgehead atoms. The molecule has 0 saturated carbocycles. The van der Waals surface area contributed by atoms with E-state index in [4.69, 9.17) is 16.3 Å². The Hall–Kier alpha value is -6.45. The lowest BCUT2D eigenvalue weighted by molar-refractivity contribution is 0.669. The van der Waals surface area contributed by atoms with Gasteiger partial charge in [0.1, 0.15) is 17.0 Å². The molecule has 0 fully saturated rings. The van der Waals surface area contributed by atoms with Crippen LogP contribution in [0.1, 0.15) is 6.85 Å². The lowest BCUT2D eigenvalue weighted by atomic mass is 9.86. The van der Waals surface area contributed by atoms with Crippen LogP contribution in [0.4, 0.5) is 0 Å². The molecule has 0 radical (unpaired) electrons. The third-order valence-corrected chi connectivity index (χ3v) is 9.29. The highest BCUT2D eigenvalue weighted by molar-refractivity contribution is 6.22. The van der Waals surface area contributed by atoms with Crippen LogP contribution in [0.25, 0.3) is 93.8 Å². The van der Waals surface area contributed by atoms with Crippen molar-refractivity contribution in [3.63, 3.8) is 0 Å². The number of fused-ring (bicyclic) bond motifs is 6. The molecule has 0 aliphatic rings. The second-order valence-electron chi connectivity index (χ2n) is 12.0. The molecule has 2 aromatic heterocycles. The van der Waals surface area contributed by atoms with Crippen LogP contribution < -0.4 is 0 Å². The third kappa shape index (κ3) is 4.04. The fourth-order valence-electron chi connectivity index (χ4n) is 7.20. The molecule has 0 aliphatic carbocycles. The van der Waals surface area contributed by atoms with E-state index in [0.717, 1.165) is 71.3 Å². The summed E-state index contributed by atoms with van der Waals surface area (Å²) in [7, 11) is 0. The molecule has 2 heterocycles. The normalized spacial score (nSPS) is 13.2. The van der Waals surface area contributed by atoms with Gasteiger partial charge in [0.05, 0.1) is 17.9 Å². The van der Waals surface area contributed by atoms with Crippen LogP contribution in [0.2, 0.25) is 0 Å². The summed E-state index contributed by atoms with van der Waals surface area (Å²) in [5.41, 5.74) is 8.01. The average Bonchev–Trinajstić information content (AvgIpc) is 3.77. The Balaban J connectivity index is 1.37. The van der Waals surface area contributed by atoms with E-state index in [9.17, 15) is 0 Å². The van der Waals surface area contributed by atoms with Crippen molar-refractivity contribution in [3.8, 4) is 39.3 Å². The molecule has 10 rings (SSSR count). The van der Waals surface area contributed by atoms with Crippen molar-refractivity contribution >= 4 is 54.5 Å². The number of para-hydroxylation sites is 4. The third-order valence-electron chi connectivity index (χ3n) is 9.29. The van der Waals surface area contributed by atoms with Crippen molar-refractivity contribution in [3.05, 3.63) is 170 Å². The van der Waals surface area contributed by atoms with Crippen molar-refractivity contribution in [2.45, 2.75) is 0 Å². The molecule has 0 spiro atoms. The first-order valence-electron chi connectivity index (χ1n) is 18.4. The second kappa shape index (κ2) is 10.5. The molecule has 8 aromatic carbocycles. The molecule has 0 N–H and O–H groups in total. The standard InChI is InChI=1S/C45H28N2O/c1-3-13-29(14-4-1)30-23-25-36-38(27-30)43(31-24-26-42-37(28-31)33-17-9-12-22-41(33)48-42)34-18-7-8-19-35(34)44(36)45-46-39-20-10-11-21-40(39)47(45)32-15-5-2-6-16-32/h1-28H/i2D,5D,6D,15D,16D. The van der Waals surface area contributed by atoms with E-state index in [1.165, 1.54) is 0 Å². The fraction of sp³-hybridized carbons (Fsp3) is 0. The van der Waals surface area contributed by atoms with Gasteiger partial charge in [0.25, 0.3) is 0 Å². The van der Waals surface area contributed by atoms with Crippen molar-refractivity contribution in [1.29, 1.82) is 0 Å². The Labute approximate surface area is 284 Å². The van der Waals surface area contributed by atoms with Crippen LogP contribution in [0.3, 0.4) is 0 Å². The topological polar surface area (TPSA) is 31.0 Å². The largest absolute Gasteiger partial charge is 0.456 e. The highest BCUT2D eigenvalue weighted by Gasteiger charge is 2.23. The number of imidazole rings is 1. The first-order valence-corrected chi connectivity index (χ1v) is 15.9. The molecular formula is C45H28N2O. The van der Waals surface area contributed by atoms with E-state index in [-0.39, 0.29) is 17.8 Å². The van der Waals surface area contributed by atoms with Crippen molar-refractivity contribution in [1.82, 2.24) is 9.55 Å². The van der Waals surface area contributed by atoms with Crippen molar-refractivity contribution in [2.75, 3.05) is 0 Å². The minimum atomic E-state index is -0.439. The van der Waals surface area contributed by atoms with E-state index in [0.29, 0.717) is 16.9 Å². The van der Waals surface area contributed by atoms with Crippen molar-refractivity contribution in [2.24, 2.45) is 0 Å². The number of aromatic nitrogens is 2. The molecule has 3 nitrogen and oxygen atoms in total. The summed E-state index contributed by atoms with van der Waals surface area (Å²) in [6.45, 7) is 0. The Kier molecular flexibility index (Phi) is 4.86. The monoisotopic (exact) mass is 617 g/mol. The van der Waals surface area contributed by atoms with Gasteiger partial charge in [-0.15, -0.1) is 0 Å². The first-order chi connectivity index (χ1) is 25.9. The molecular weight excluding hydrogens is 585 g/mol. The molecule has 224 valence electrons. The number of furan rings is 1. The van der Waals surface area contributed by atoms with Gasteiger partial charge in [-0.05, 0) is 92.3 Å². The van der Waals surface area contributed by atoms with Gasteiger partial charge in [-0.2, -0.15) is 0 Å². The number of hydrogen-bond acceptors (Lipinski definition) is 2. The maximum Gasteiger partial charge on any atom is 0.146 e. The average molecular weight is 618 g/mol. The predicted octanol–water partition coefficient (Wildman–Crippen LogP) is 12.2. The maximum atomic E-state index is 9.02. The predicted molar refractivity (Wildman–Crippen MR) is 200 cm³/mol. The molecule has 10 aromatic rings. The van der Waals surface area contributed by atoms with Crippen LogP contribution in [0.5, 0.6) is 0 Å². The second-order valence-corrected chi connectivity index (χ2v) is 12.0. The number of benzene rings is 8. The maximum absolute atomic E-state index is 9.02. The summed E-state index contributed by atoms with van der Waals surface area (Å²) in [5.74, 6) is 0.487. The summed E-state index contributed by atoms with van der Waals surface area (Å²) in [6.07, 6.45) is 0. The summed E-state index contributed by atoms with van der Waals surface area (Å²) in [5, 5.41) is 5.90. The van der Waals surface area contributed by atoms with Gasteiger partial charge in [0, 0.05) is 22.0 Å². The highest BCUT2D eigenvalue weighted by Crippen LogP contribution is 2.46. The quantitative estimate of drug-likeness (QED) is 0.184. The summed E-state index contributed by atoms with van der Waals surface area (Å²) < 4.78 is 51.4. The first kappa shape index (κ1) is 22.1. The van der Waals surface area contributed by atoms with Crippen LogP contribution in [-0.4, -0.2) is 9.55 Å². The zero-order chi connectivity index (χ0) is 36.0. The summed E-state index contributed by atoms with van der Waals surface area (Å²) >= 11 is 0. The number of rotatable bonds is 4. The van der Waals surface area contributed by atoms with Crippen LogP contribution in [0, 0.1) is 0 Å². The molecule has 0 saturated heterocycles.